The van der Waals surface area contributed by atoms with Gasteiger partial charge in [-0.15, -0.1) is 101 Å². The Bertz CT molecular complexity index is 6250. The predicted octanol–water partition coefficient (Wildman–Crippen LogP) is 14.7. The van der Waals surface area contributed by atoms with Crippen molar-refractivity contribution in [3.8, 4) is 44.4 Å². The van der Waals surface area contributed by atoms with Crippen LogP contribution in [0.5, 0.6) is 5.75 Å². The predicted molar refractivity (Wildman–Crippen MR) is 526 cm³/mol. The molecular weight excluding hydrogens is 1960 g/mol. The number of carbonyl (C=O) groups excluding carboxylic acids is 4. The summed E-state index contributed by atoms with van der Waals surface area (Å²) in [4.78, 5) is 56.9. The first kappa shape index (κ1) is 120. The summed E-state index contributed by atoms with van der Waals surface area (Å²) in [5.41, 5.74) is 9.51. The first-order valence-electron chi connectivity index (χ1n) is 42.0. The molecule has 9 aromatic carbocycles. The van der Waals surface area contributed by atoms with Crippen LogP contribution in [0, 0.1) is 49.1 Å². The molecule has 0 atom stereocenters. The number of para-hydroxylation sites is 1. The maximum Gasteiger partial charge on any atom is 1.00 e. The number of nitrogens with one attached hydrogen (secondary N) is 4. The summed E-state index contributed by atoms with van der Waals surface area (Å²) in [7, 11) is 1.64. The van der Waals surface area contributed by atoms with Gasteiger partial charge in [0.05, 0.1) is 41.0 Å². The topological polar surface area (TPSA) is 286 Å². The molecule has 4 amide bonds. The van der Waals surface area contributed by atoms with E-state index in [1.54, 1.807) is 96.7 Å². The first-order chi connectivity index (χ1) is 64.2. The van der Waals surface area contributed by atoms with E-state index in [0.29, 0.717) is 30.4 Å². The number of hydrogen-bond acceptors (Lipinski definition) is 21. The summed E-state index contributed by atoms with van der Waals surface area (Å²) in [6.07, 6.45) is 6.35. The third-order valence-corrected chi connectivity index (χ3v) is 22.8. The van der Waals surface area contributed by atoms with Crippen LogP contribution in [0.1, 0.15) is 174 Å². The molecule has 0 aliphatic heterocycles. The largest absolute Gasteiger partial charge is 1.00 e. The molecule has 34 heteroatoms. The molecule has 0 saturated heterocycles. The van der Waals surface area contributed by atoms with Gasteiger partial charge in [0, 0.05) is 31.3 Å². The molecule has 0 bridgehead atoms. The number of anilines is 4. The smallest absolute Gasteiger partial charge is 0.497 e. The SMILES string of the molecule is CC(C)(C)c1c[c-]no1.CC(C)(C)c1c[c-]no1.CC(C)(C)c1c[c-]no1.CC(C)(C)c1c[c-]no1.CC(C)(C)c1cc(C(=O)Nc2cc[c-]cc2)n(-c2ccccc2)n1.COc1ccc(-c2csc(C(=O)Nc3cc[c-]cc3)c2)cc1.O=C(Cc1sc(-c2ccc(Cl)cc2)nc1-c1ccccc1)Nc1cc[c-]cc1.O=C(Nc1cc[c-]cc1)c1nnsc1Sc1ccc(C(F)(F)F)cc1.[K+].[K+].[K+].[K+]. The minimum Gasteiger partial charge on any atom is -0.497 e. The summed E-state index contributed by atoms with van der Waals surface area (Å²) >= 11 is 11.1. The van der Waals surface area contributed by atoms with E-state index in [1.165, 1.54) is 34.8 Å². The van der Waals surface area contributed by atoms with Crippen molar-refractivity contribution in [3.05, 3.63) is 382 Å². The number of nitrogens with zero attached hydrogens (tertiary/aromatic N) is 9. The average Bonchev–Trinajstić information content (AvgIpc) is 2.17. The van der Waals surface area contributed by atoms with Crippen LogP contribution in [0.3, 0.4) is 0 Å². The van der Waals surface area contributed by atoms with E-state index in [-0.39, 0.29) is 262 Å². The third kappa shape index (κ3) is 40.3. The van der Waals surface area contributed by atoms with E-state index in [9.17, 15) is 32.3 Å². The molecule has 0 aliphatic rings. The van der Waals surface area contributed by atoms with Crippen molar-refractivity contribution in [2.75, 3.05) is 28.4 Å². The van der Waals surface area contributed by atoms with Crippen molar-refractivity contribution in [1.29, 1.82) is 0 Å². The Labute approximate surface area is 1000 Å². The Balaban J connectivity index is 0.000000252. The van der Waals surface area contributed by atoms with E-state index in [4.69, 9.17) is 39.4 Å². The molecule has 0 unspecified atom stereocenters. The monoisotopic (exact) mass is 2060 g/mol. The van der Waals surface area contributed by atoms with Gasteiger partial charge in [-0.05, 0) is 146 Å². The Morgan fingerprint density at radius 1 is 0.468 bits per heavy atom. The number of hydrogen-bond donors (Lipinski definition) is 4. The van der Waals surface area contributed by atoms with E-state index < -0.39 is 17.6 Å². The number of aromatic nitrogens is 9. The number of ether oxygens (including phenoxy) is 1. The second-order valence-electron chi connectivity index (χ2n) is 34.6. The number of thiazole rings is 1. The van der Waals surface area contributed by atoms with Gasteiger partial charge in [0.1, 0.15) is 20.7 Å². The van der Waals surface area contributed by atoms with Gasteiger partial charge in [0.2, 0.25) is 5.91 Å². The fourth-order valence-corrected chi connectivity index (χ4v) is 14.9. The van der Waals surface area contributed by atoms with Crippen molar-refractivity contribution < 1.29 is 261 Å². The quantitative estimate of drug-likeness (QED) is 0.0516. The van der Waals surface area contributed by atoms with Crippen molar-refractivity contribution in [2.24, 2.45) is 0 Å². The Kier molecular flexibility index (Phi) is 50.6. The molecule has 698 valence electrons. The number of alkyl halides is 3. The maximum absolute atomic E-state index is 12.8. The second kappa shape index (κ2) is 58.5. The molecule has 0 saturated carbocycles. The average molecular weight is 2060 g/mol. The summed E-state index contributed by atoms with van der Waals surface area (Å²) in [6.45, 7) is 31.1. The molecule has 0 radical (unpaired) electrons. The van der Waals surface area contributed by atoms with E-state index >= 15 is 0 Å². The van der Waals surface area contributed by atoms with Crippen LogP contribution in [0.25, 0.3) is 38.6 Å². The summed E-state index contributed by atoms with van der Waals surface area (Å²) in [5.74, 6) is 3.53. The van der Waals surface area contributed by atoms with Crippen LogP contribution in [-0.2, 0) is 44.5 Å². The zero-order valence-corrected chi connectivity index (χ0v) is 97.5. The van der Waals surface area contributed by atoms with Gasteiger partial charge in [-0.1, -0.05) is 227 Å². The molecule has 0 fully saturated rings. The standard InChI is InChI=1S/C23H16ClN2OS.C20H20N3O.C18H14NO2S.C16H9F3N3OS2.4C7H10NO.4K/c24-18-13-11-17(12-14-18)23-26-22(16-7-3-1-4-8-16)20(28-23)15-21(27)25-19-9-5-2-6-10-19;1-20(2,3)18-14-17(19(24)21-15-10-6-4-7-11-15)23(22-18)16-12-8-5-9-13-16;1-21-16-9-7-13(8-10-16)14-11-17(22-12-14)18(20)19-15-5-3-2-4-6-15;17-16(18,19)10-6-8-12(9-7-10)24-15-13(21-22-25-15)14(23)20-11-4-2-1-3-5-11;4*1-7(2,3)6-4-5-8-9-6;;;;/h1,3-14H,15H2,(H,25,27);5-14H,1-3H3,(H,21,24);3-12H,1H3,(H,19,20);2-9H,(H,20,23);4*4H,1-3H3;;;;/q8*-1;4*+1. The van der Waals surface area contributed by atoms with Crippen molar-refractivity contribution in [2.45, 2.75) is 153 Å². The number of amides is 4. The number of benzene rings is 9. The third-order valence-electron chi connectivity index (χ3n) is 18.6. The van der Waals surface area contributed by atoms with Gasteiger partial charge in [-0.25, -0.2) is 30.3 Å². The van der Waals surface area contributed by atoms with Gasteiger partial charge in [-0.2, -0.15) is 115 Å². The fourth-order valence-electron chi connectivity index (χ4n) is 11.3. The van der Waals surface area contributed by atoms with Crippen LogP contribution >= 0.6 is 57.6 Å². The molecule has 4 N–H and O–H groups in total. The van der Waals surface area contributed by atoms with Crippen molar-refractivity contribution in [3.63, 3.8) is 0 Å². The number of halogens is 4. The van der Waals surface area contributed by atoms with Crippen LogP contribution in [0.15, 0.2) is 299 Å². The zero-order chi connectivity index (χ0) is 97.4. The summed E-state index contributed by atoms with van der Waals surface area (Å²) in [5, 5.41) is 37.4. The van der Waals surface area contributed by atoms with Gasteiger partial charge < -0.3 is 44.1 Å². The van der Waals surface area contributed by atoms with E-state index in [2.05, 4.69) is 209 Å². The molecule has 0 spiro atoms. The summed E-state index contributed by atoms with van der Waals surface area (Å²) < 4.78 is 68.5. The molecule has 139 heavy (non-hydrogen) atoms. The molecule has 22 nitrogen and oxygen atoms in total. The zero-order valence-electron chi connectivity index (χ0n) is 81.0. The van der Waals surface area contributed by atoms with Crippen LogP contribution in [-0.4, -0.2) is 75.7 Å². The number of methoxy groups -OCH3 is 1. The number of rotatable bonds is 16. The van der Waals surface area contributed by atoms with Crippen LogP contribution < -0.4 is 232 Å². The van der Waals surface area contributed by atoms with Crippen molar-refractivity contribution in [1.82, 2.24) is 45.0 Å². The van der Waals surface area contributed by atoms with Crippen LogP contribution in [0.2, 0.25) is 5.02 Å². The summed E-state index contributed by atoms with van der Waals surface area (Å²) in [6, 6.07) is 90.3. The first-order valence-corrected chi connectivity index (χ1v) is 45.7. The van der Waals surface area contributed by atoms with E-state index in [0.717, 1.165) is 130 Å². The molecule has 8 aromatic heterocycles. The molecule has 0 aliphatic carbocycles. The maximum atomic E-state index is 12.8. The Morgan fingerprint density at radius 3 is 1.29 bits per heavy atom. The fraction of sp³-hybridized carbons (Fsp3) is 0.219. The minimum atomic E-state index is -4.38. The number of carbonyl (C=O) groups is 4. The van der Waals surface area contributed by atoms with Crippen LogP contribution in [0.4, 0.5) is 35.9 Å². The number of thiophene rings is 1. The molecule has 17 rings (SSSR count). The molecule has 8 heterocycles. The van der Waals surface area contributed by atoms with Gasteiger partial charge in [0.25, 0.3) is 17.7 Å². The Morgan fingerprint density at radius 2 is 0.885 bits per heavy atom. The minimum absolute atomic E-state index is 0. The Hall–Kier alpha value is -7.42. The molecule has 17 aromatic rings. The normalized spacial score (nSPS) is 10.8. The van der Waals surface area contributed by atoms with Gasteiger partial charge in [0.15, 0.2) is 5.69 Å². The molecular formula is C105H99ClF3K4N13O9S4-4. The van der Waals surface area contributed by atoms with Gasteiger partial charge in [-0.3, -0.25) is 19.2 Å². The second-order valence-corrected chi connectivity index (χ2v) is 39.1. The van der Waals surface area contributed by atoms with Crippen molar-refractivity contribution >= 4 is 104 Å². The van der Waals surface area contributed by atoms with Gasteiger partial charge >= 0.3 is 212 Å². The van der Waals surface area contributed by atoms with E-state index in [1.807, 2.05) is 163 Å².